The van der Waals surface area contributed by atoms with E-state index in [9.17, 15) is 34.8 Å². The number of aryl methyl sites for hydroxylation is 1. The van der Waals surface area contributed by atoms with Gasteiger partial charge in [0.25, 0.3) is 0 Å². The van der Waals surface area contributed by atoms with Crippen LogP contribution in [0.1, 0.15) is 16.0 Å². The SMILES string of the molecule is Cc1cc(-c2ccc(C(/C=C(\N)C(F)(F)F)=Nc3ccccc3C(F)(F)F)s2)cnc1S(C)(=O)=O. The number of allylic oxidation sites excluding steroid dienone is 2. The zero-order valence-corrected chi connectivity index (χ0v) is 19.7. The summed E-state index contributed by atoms with van der Waals surface area (Å²) < 4.78 is 103. The van der Waals surface area contributed by atoms with E-state index in [1.54, 1.807) is 0 Å². The normalized spacial score (nSPS) is 13.8. The lowest BCUT2D eigenvalue weighted by atomic mass is 10.1. The molecule has 0 radical (unpaired) electrons. The third-order valence-corrected chi connectivity index (χ3v) is 6.88. The summed E-state index contributed by atoms with van der Waals surface area (Å²) in [7, 11) is -3.57. The van der Waals surface area contributed by atoms with E-state index in [-0.39, 0.29) is 9.90 Å². The Hall–Kier alpha value is -3.19. The van der Waals surface area contributed by atoms with Gasteiger partial charge in [0.2, 0.25) is 0 Å². The van der Waals surface area contributed by atoms with Gasteiger partial charge < -0.3 is 5.73 Å². The van der Waals surface area contributed by atoms with Crippen LogP contribution in [0.4, 0.5) is 32.0 Å². The zero-order valence-electron chi connectivity index (χ0n) is 18.1. The Morgan fingerprint density at radius 1 is 1.09 bits per heavy atom. The number of sulfone groups is 1. The fraction of sp³-hybridized carbons (Fsp3) is 0.182. The van der Waals surface area contributed by atoms with Gasteiger partial charge in [-0.3, -0.25) is 0 Å². The number of rotatable bonds is 5. The first-order chi connectivity index (χ1) is 16.1. The van der Waals surface area contributed by atoms with Crippen LogP contribution in [0.25, 0.3) is 10.4 Å². The zero-order chi connectivity index (χ0) is 26.2. The van der Waals surface area contributed by atoms with E-state index in [4.69, 9.17) is 5.73 Å². The number of nitrogens with zero attached hydrogens (tertiary/aromatic N) is 2. The van der Waals surface area contributed by atoms with Crippen LogP contribution in [-0.4, -0.2) is 31.5 Å². The molecule has 3 aromatic rings. The highest BCUT2D eigenvalue weighted by molar-refractivity contribution is 7.90. The first-order valence-electron chi connectivity index (χ1n) is 9.64. The van der Waals surface area contributed by atoms with Crippen molar-refractivity contribution < 1.29 is 34.8 Å². The number of aromatic nitrogens is 1. The third-order valence-electron chi connectivity index (χ3n) is 4.59. The Morgan fingerprint density at radius 3 is 2.31 bits per heavy atom. The molecule has 13 heteroatoms. The van der Waals surface area contributed by atoms with Gasteiger partial charge in [0.05, 0.1) is 21.8 Å². The van der Waals surface area contributed by atoms with Crippen molar-refractivity contribution in [2.45, 2.75) is 24.3 Å². The lowest BCUT2D eigenvalue weighted by molar-refractivity contribution is -0.137. The fourth-order valence-corrected chi connectivity index (χ4v) is 4.88. The Bertz CT molecular complexity index is 1420. The van der Waals surface area contributed by atoms with Gasteiger partial charge in [-0.05, 0) is 48.9 Å². The molecule has 1 aromatic carbocycles. The molecule has 0 spiro atoms. The maximum absolute atomic E-state index is 13.4. The van der Waals surface area contributed by atoms with Crippen molar-refractivity contribution in [2.24, 2.45) is 10.7 Å². The van der Waals surface area contributed by atoms with E-state index in [0.29, 0.717) is 22.1 Å². The van der Waals surface area contributed by atoms with Crippen molar-refractivity contribution in [2.75, 3.05) is 6.26 Å². The average molecular weight is 534 g/mol. The van der Waals surface area contributed by atoms with Gasteiger partial charge in [-0.25, -0.2) is 18.4 Å². The molecule has 0 bridgehead atoms. The van der Waals surface area contributed by atoms with Crippen LogP contribution in [-0.2, 0) is 16.0 Å². The largest absolute Gasteiger partial charge is 0.430 e. The average Bonchev–Trinajstić information content (AvgIpc) is 3.21. The Kier molecular flexibility index (Phi) is 7.14. The molecule has 3 rings (SSSR count). The molecule has 0 unspecified atom stereocenters. The minimum Gasteiger partial charge on any atom is -0.395 e. The van der Waals surface area contributed by atoms with Crippen molar-refractivity contribution in [3.63, 3.8) is 0 Å². The minimum absolute atomic E-state index is 0.106. The Labute approximate surface area is 200 Å². The summed E-state index contributed by atoms with van der Waals surface area (Å²) in [6, 6.07) is 8.65. The lowest BCUT2D eigenvalue weighted by Crippen LogP contribution is -2.20. The minimum atomic E-state index is -4.92. The van der Waals surface area contributed by atoms with E-state index in [1.807, 2.05) is 0 Å². The van der Waals surface area contributed by atoms with Crippen LogP contribution in [0.2, 0.25) is 0 Å². The van der Waals surface area contributed by atoms with E-state index in [2.05, 4.69) is 9.98 Å². The van der Waals surface area contributed by atoms with Crippen LogP contribution in [0.3, 0.4) is 0 Å². The molecular formula is C22H17F6N3O2S2. The van der Waals surface area contributed by atoms with Crippen LogP contribution >= 0.6 is 11.3 Å². The summed E-state index contributed by atoms with van der Waals surface area (Å²) in [5, 5.41) is -0.120. The molecule has 2 aromatic heterocycles. The fourth-order valence-electron chi connectivity index (χ4n) is 3.04. The summed E-state index contributed by atoms with van der Waals surface area (Å²) in [6.07, 6.45) is -6.94. The highest BCUT2D eigenvalue weighted by atomic mass is 32.2. The highest BCUT2D eigenvalue weighted by Gasteiger charge is 2.34. The number of benzene rings is 1. The molecule has 5 nitrogen and oxygen atoms in total. The molecular weight excluding hydrogens is 516 g/mol. The quantitative estimate of drug-likeness (QED) is 0.319. The number of halogens is 6. The molecule has 0 aliphatic carbocycles. The van der Waals surface area contributed by atoms with Crippen molar-refractivity contribution in [1.82, 2.24) is 4.98 Å². The van der Waals surface area contributed by atoms with Gasteiger partial charge in [-0.1, -0.05) is 12.1 Å². The molecule has 0 atom stereocenters. The first-order valence-corrected chi connectivity index (χ1v) is 12.3. The number of alkyl halides is 6. The van der Waals surface area contributed by atoms with Crippen molar-refractivity contribution in [3.8, 4) is 10.4 Å². The standard InChI is InChI=1S/C22H17F6N3O2S2/c1-12-9-13(11-30-20(12)35(2,32)33)17-7-8-18(34-17)16(10-19(29)22(26,27)28)31-15-6-4-3-5-14(15)21(23,24)25/h3-11H,29H2,1-2H3/b19-10-,31-16?. The second kappa shape index (κ2) is 9.46. The molecule has 2 heterocycles. The molecule has 186 valence electrons. The summed E-state index contributed by atoms with van der Waals surface area (Å²) >= 11 is 0.932. The van der Waals surface area contributed by atoms with Gasteiger partial charge in [-0.15, -0.1) is 11.3 Å². The van der Waals surface area contributed by atoms with Gasteiger partial charge in [0, 0.05) is 22.9 Å². The molecule has 0 saturated carbocycles. The summed E-state index contributed by atoms with van der Waals surface area (Å²) in [6.45, 7) is 1.54. The maximum atomic E-state index is 13.4. The number of aliphatic imine (C=N–C) groups is 1. The van der Waals surface area contributed by atoms with Gasteiger partial charge in [0.15, 0.2) is 14.9 Å². The van der Waals surface area contributed by atoms with E-state index in [1.165, 1.54) is 37.4 Å². The Balaban J connectivity index is 2.15. The third kappa shape index (κ3) is 6.28. The van der Waals surface area contributed by atoms with E-state index in [0.717, 1.165) is 35.8 Å². The van der Waals surface area contributed by atoms with Gasteiger partial charge in [0.1, 0.15) is 5.70 Å². The smallest absolute Gasteiger partial charge is 0.395 e. The first kappa shape index (κ1) is 26.4. The summed E-state index contributed by atoms with van der Waals surface area (Å²) in [5.41, 5.74) is 2.29. The number of para-hydroxylation sites is 1. The molecule has 0 fully saturated rings. The second-order valence-corrected chi connectivity index (χ2v) is 10.4. The number of pyridine rings is 1. The lowest BCUT2D eigenvalue weighted by Gasteiger charge is -2.11. The predicted molar refractivity (Wildman–Crippen MR) is 121 cm³/mol. The molecule has 2 N–H and O–H groups in total. The summed E-state index contributed by atoms with van der Waals surface area (Å²) in [4.78, 5) is 8.41. The van der Waals surface area contributed by atoms with E-state index < -0.39 is 44.8 Å². The topological polar surface area (TPSA) is 85.4 Å². The molecule has 35 heavy (non-hydrogen) atoms. The number of nitrogens with two attached hydrogens (primary N) is 1. The van der Waals surface area contributed by atoms with Gasteiger partial charge >= 0.3 is 12.4 Å². The van der Waals surface area contributed by atoms with Crippen molar-refractivity contribution in [3.05, 3.63) is 76.4 Å². The van der Waals surface area contributed by atoms with Crippen LogP contribution in [0.5, 0.6) is 0 Å². The molecule has 0 aliphatic rings. The highest BCUT2D eigenvalue weighted by Crippen LogP contribution is 2.37. The van der Waals surface area contributed by atoms with Crippen molar-refractivity contribution >= 4 is 32.6 Å². The van der Waals surface area contributed by atoms with Crippen molar-refractivity contribution in [1.29, 1.82) is 0 Å². The molecule has 0 saturated heterocycles. The second-order valence-electron chi connectivity index (χ2n) is 7.39. The number of hydrogen-bond donors (Lipinski definition) is 1. The van der Waals surface area contributed by atoms with Crippen LogP contribution in [0.15, 0.2) is 70.5 Å². The number of hydrogen-bond acceptors (Lipinski definition) is 6. The monoisotopic (exact) mass is 533 g/mol. The Morgan fingerprint density at radius 2 is 1.74 bits per heavy atom. The molecule has 0 aliphatic heterocycles. The maximum Gasteiger partial charge on any atom is 0.430 e. The number of thiophene rings is 1. The van der Waals surface area contributed by atoms with Gasteiger partial charge in [-0.2, -0.15) is 26.3 Å². The van der Waals surface area contributed by atoms with Crippen LogP contribution < -0.4 is 5.73 Å². The van der Waals surface area contributed by atoms with E-state index >= 15 is 0 Å². The molecule has 0 amide bonds. The van der Waals surface area contributed by atoms with Crippen LogP contribution in [0, 0.1) is 6.92 Å². The predicted octanol–water partition coefficient (Wildman–Crippen LogP) is 6.07. The summed E-state index contributed by atoms with van der Waals surface area (Å²) in [5.74, 6) is 0.